The van der Waals surface area contributed by atoms with E-state index in [1.54, 1.807) is 16.7 Å². The van der Waals surface area contributed by atoms with Crippen molar-refractivity contribution in [2.45, 2.75) is 32.4 Å². The van der Waals surface area contributed by atoms with Crippen molar-refractivity contribution in [1.82, 2.24) is 14.7 Å². The van der Waals surface area contributed by atoms with Crippen LogP contribution in [0.3, 0.4) is 0 Å². The minimum Gasteiger partial charge on any atom is -0.444 e. The predicted octanol–water partition coefficient (Wildman–Crippen LogP) is 1.07. The van der Waals surface area contributed by atoms with Crippen LogP contribution in [0.25, 0.3) is 0 Å². The average molecular weight is 315 g/mol. The van der Waals surface area contributed by atoms with Gasteiger partial charge in [0, 0.05) is 31.9 Å². The summed E-state index contributed by atoms with van der Waals surface area (Å²) in [5.41, 5.74) is -0.536. The van der Waals surface area contributed by atoms with Gasteiger partial charge in [-0.1, -0.05) is 0 Å². The van der Waals surface area contributed by atoms with Gasteiger partial charge in [0.05, 0.1) is 5.88 Å². The summed E-state index contributed by atoms with van der Waals surface area (Å²) in [6, 6.07) is -0.381. The van der Waals surface area contributed by atoms with Crippen molar-refractivity contribution >= 4 is 23.8 Å². The van der Waals surface area contributed by atoms with E-state index in [9.17, 15) is 9.59 Å². The monoisotopic (exact) mass is 315 g/mol. The molecule has 0 aromatic rings. The van der Waals surface area contributed by atoms with Crippen molar-refractivity contribution in [1.29, 1.82) is 0 Å². The number of carbonyl (C=O) groups is 2. The predicted molar refractivity (Wildman–Crippen MR) is 83.3 cm³/mol. The van der Waals surface area contributed by atoms with E-state index in [0.717, 1.165) is 26.2 Å². The third kappa shape index (κ3) is 4.26. The highest BCUT2D eigenvalue weighted by Gasteiger charge is 2.39. The molecule has 0 unspecified atom stereocenters. The lowest BCUT2D eigenvalue weighted by molar-refractivity contribution is -0.137. The molecule has 2 fully saturated rings. The molecule has 0 aromatic carbocycles. The minimum absolute atomic E-state index is 0.0546. The molecule has 120 valence electrons. The SMILES string of the molecule is CN1CCN(C(=O)[C@@H]2CSCN2C(=O)OC(C)(C)C)CC1. The van der Waals surface area contributed by atoms with Crippen LogP contribution in [0.15, 0.2) is 0 Å². The maximum Gasteiger partial charge on any atom is 0.411 e. The fraction of sp³-hybridized carbons (Fsp3) is 0.857. The number of carbonyl (C=O) groups excluding carboxylic acids is 2. The van der Waals surface area contributed by atoms with Crippen LogP contribution in [0.2, 0.25) is 0 Å². The minimum atomic E-state index is -0.536. The van der Waals surface area contributed by atoms with E-state index in [0.29, 0.717) is 11.6 Å². The van der Waals surface area contributed by atoms with E-state index in [-0.39, 0.29) is 18.0 Å². The fourth-order valence-corrected chi connectivity index (χ4v) is 3.52. The highest BCUT2D eigenvalue weighted by Crippen LogP contribution is 2.25. The number of hydrogen-bond acceptors (Lipinski definition) is 5. The number of amides is 2. The fourth-order valence-electron chi connectivity index (χ4n) is 2.39. The van der Waals surface area contributed by atoms with Crippen molar-refractivity contribution in [3.63, 3.8) is 0 Å². The van der Waals surface area contributed by atoms with Crippen molar-refractivity contribution in [2.75, 3.05) is 44.9 Å². The average Bonchev–Trinajstić information content (AvgIpc) is 2.86. The number of piperazine rings is 1. The van der Waals surface area contributed by atoms with E-state index in [1.807, 2.05) is 25.7 Å². The number of nitrogens with zero attached hydrogens (tertiary/aromatic N) is 3. The van der Waals surface area contributed by atoms with E-state index in [2.05, 4.69) is 11.9 Å². The number of rotatable bonds is 1. The summed E-state index contributed by atoms with van der Waals surface area (Å²) in [4.78, 5) is 30.5. The summed E-state index contributed by atoms with van der Waals surface area (Å²) in [5, 5.41) is 0. The molecule has 6 nitrogen and oxygen atoms in total. The highest BCUT2D eigenvalue weighted by atomic mass is 32.2. The maximum atomic E-state index is 12.6. The first kappa shape index (κ1) is 16.4. The number of likely N-dealkylation sites (N-methyl/N-ethyl adjacent to an activating group) is 1. The molecule has 2 heterocycles. The molecular weight excluding hydrogens is 290 g/mol. The molecule has 7 heteroatoms. The van der Waals surface area contributed by atoms with Crippen molar-refractivity contribution in [3.8, 4) is 0 Å². The Hall–Kier alpha value is -0.950. The zero-order chi connectivity index (χ0) is 15.6. The van der Waals surface area contributed by atoms with Gasteiger partial charge in [-0.15, -0.1) is 11.8 Å². The second-order valence-corrected chi connectivity index (χ2v) is 7.59. The van der Waals surface area contributed by atoms with E-state index < -0.39 is 5.60 Å². The Morgan fingerprint density at radius 1 is 1.14 bits per heavy atom. The van der Waals surface area contributed by atoms with Gasteiger partial charge in [0.2, 0.25) is 5.91 Å². The van der Waals surface area contributed by atoms with Crippen molar-refractivity contribution in [2.24, 2.45) is 0 Å². The highest BCUT2D eigenvalue weighted by molar-refractivity contribution is 7.99. The zero-order valence-corrected chi connectivity index (χ0v) is 14.1. The van der Waals surface area contributed by atoms with Crippen LogP contribution in [0.5, 0.6) is 0 Å². The Kier molecular flexibility index (Phi) is 5.03. The summed E-state index contributed by atoms with van der Waals surface area (Å²) < 4.78 is 5.40. The van der Waals surface area contributed by atoms with Gasteiger partial charge in [-0.25, -0.2) is 4.79 Å². The van der Waals surface area contributed by atoms with Crippen LogP contribution in [0.4, 0.5) is 4.79 Å². The summed E-state index contributed by atoms with van der Waals surface area (Å²) in [6.45, 7) is 8.76. The Morgan fingerprint density at radius 3 is 2.33 bits per heavy atom. The largest absolute Gasteiger partial charge is 0.444 e. The molecule has 0 spiro atoms. The molecule has 2 aliphatic rings. The van der Waals surface area contributed by atoms with Gasteiger partial charge in [0.1, 0.15) is 11.6 Å². The molecule has 2 rings (SSSR count). The third-order valence-electron chi connectivity index (χ3n) is 3.61. The first-order chi connectivity index (χ1) is 9.78. The van der Waals surface area contributed by atoms with Crippen LogP contribution in [-0.4, -0.2) is 83.2 Å². The summed E-state index contributed by atoms with van der Waals surface area (Å²) in [7, 11) is 2.06. The quantitative estimate of drug-likeness (QED) is 0.724. The first-order valence-electron chi connectivity index (χ1n) is 7.32. The van der Waals surface area contributed by atoms with Crippen molar-refractivity contribution in [3.05, 3.63) is 0 Å². The molecule has 0 saturated carbocycles. The molecule has 0 aliphatic carbocycles. The van der Waals surface area contributed by atoms with Gasteiger partial charge in [-0.05, 0) is 27.8 Å². The van der Waals surface area contributed by atoms with Crippen LogP contribution < -0.4 is 0 Å². The maximum absolute atomic E-state index is 12.6. The second-order valence-electron chi connectivity index (χ2n) is 6.59. The Morgan fingerprint density at radius 2 is 1.76 bits per heavy atom. The Balaban J connectivity index is 1.98. The summed E-state index contributed by atoms with van der Waals surface area (Å²) >= 11 is 1.60. The van der Waals surface area contributed by atoms with E-state index in [1.165, 1.54) is 0 Å². The third-order valence-corrected chi connectivity index (χ3v) is 4.62. The van der Waals surface area contributed by atoms with Crippen molar-refractivity contribution < 1.29 is 14.3 Å². The topological polar surface area (TPSA) is 53.1 Å². The zero-order valence-electron chi connectivity index (χ0n) is 13.3. The lowest BCUT2D eigenvalue weighted by atomic mass is 10.2. The van der Waals surface area contributed by atoms with Crippen LogP contribution >= 0.6 is 11.8 Å². The molecule has 2 amide bonds. The van der Waals surface area contributed by atoms with Gasteiger partial charge in [0.25, 0.3) is 0 Å². The summed E-state index contributed by atoms with van der Waals surface area (Å²) in [6.07, 6.45) is -0.389. The van der Waals surface area contributed by atoms with Gasteiger partial charge in [0.15, 0.2) is 0 Å². The molecule has 2 saturated heterocycles. The van der Waals surface area contributed by atoms with Gasteiger partial charge in [-0.2, -0.15) is 0 Å². The first-order valence-corrected chi connectivity index (χ1v) is 8.48. The van der Waals surface area contributed by atoms with Gasteiger partial charge >= 0.3 is 6.09 Å². The lowest BCUT2D eigenvalue weighted by Crippen LogP contribution is -2.54. The molecule has 0 N–H and O–H groups in total. The molecule has 21 heavy (non-hydrogen) atoms. The van der Waals surface area contributed by atoms with Crippen LogP contribution in [0.1, 0.15) is 20.8 Å². The van der Waals surface area contributed by atoms with E-state index in [4.69, 9.17) is 4.74 Å². The number of hydrogen-bond donors (Lipinski definition) is 0. The Bertz CT molecular complexity index is 403. The standard InChI is InChI=1S/C14H25N3O3S/c1-14(2,3)20-13(19)17-10-21-9-11(17)12(18)16-7-5-15(4)6-8-16/h11H,5-10H2,1-4H3/t11-/m0/s1. The van der Waals surface area contributed by atoms with Gasteiger partial charge < -0.3 is 14.5 Å². The Labute approximate surface area is 130 Å². The molecule has 1 atom stereocenters. The molecular formula is C14H25N3O3S. The van der Waals surface area contributed by atoms with E-state index >= 15 is 0 Å². The molecule has 0 aromatic heterocycles. The second kappa shape index (κ2) is 6.44. The lowest BCUT2D eigenvalue weighted by Gasteiger charge is -2.35. The van der Waals surface area contributed by atoms with Crippen LogP contribution in [0, 0.1) is 0 Å². The number of thioether (sulfide) groups is 1. The normalized spacial score (nSPS) is 24.3. The number of ether oxygens (including phenoxy) is 1. The molecule has 2 aliphatic heterocycles. The van der Waals surface area contributed by atoms with Crippen LogP contribution in [-0.2, 0) is 9.53 Å². The van der Waals surface area contributed by atoms with Gasteiger partial charge in [-0.3, -0.25) is 9.69 Å². The smallest absolute Gasteiger partial charge is 0.411 e. The summed E-state index contributed by atoms with van der Waals surface area (Å²) in [5.74, 6) is 1.24. The molecule has 0 radical (unpaired) electrons. The molecule has 0 bridgehead atoms.